The Morgan fingerprint density at radius 3 is 2.46 bits per heavy atom. The number of benzene rings is 1. The summed E-state index contributed by atoms with van der Waals surface area (Å²) in [6.45, 7) is 1.71. The standard InChI is InChI=1S/C15H15Cl2N5OS/c16-8-5-9(17)7-10(6-8)19-14(24)11-12(18)20-15(21-13(11)23)22-3-1-2-4-22/h5-7H,1-4H2,(H,19,24)(H3,18,20,21,23). The Morgan fingerprint density at radius 2 is 1.88 bits per heavy atom. The van der Waals surface area contributed by atoms with Gasteiger partial charge in [-0.1, -0.05) is 35.4 Å². The number of nitrogens with two attached hydrogens (primary N) is 1. The molecule has 0 unspecified atom stereocenters. The second-order valence-electron chi connectivity index (χ2n) is 5.46. The average Bonchev–Trinajstić information content (AvgIpc) is 2.99. The maximum atomic E-state index is 12.4. The molecule has 0 radical (unpaired) electrons. The summed E-state index contributed by atoms with van der Waals surface area (Å²) in [5.74, 6) is 0.568. The third-order valence-corrected chi connectivity index (χ3v) is 4.43. The minimum Gasteiger partial charge on any atom is -0.383 e. The molecule has 2 heterocycles. The molecule has 0 amide bonds. The van der Waals surface area contributed by atoms with Crippen molar-refractivity contribution >= 4 is 57.9 Å². The van der Waals surface area contributed by atoms with Gasteiger partial charge in [0, 0.05) is 28.8 Å². The number of nitrogens with zero attached hydrogens (tertiary/aromatic N) is 2. The van der Waals surface area contributed by atoms with Crippen molar-refractivity contribution in [3.05, 3.63) is 44.2 Å². The first-order valence-electron chi connectivity index (χ1n) is 7.36. The van der Waals surface area contributed by atoms with Crippen molar-refractivity contribution in [2.24, 2.45) is 0 Å². The van der Waals surface area contributed by atoms with Gasteiger partial charge in [0.1, 0.15) is 16.4 Å². The number of hydrogen-bond acceptors (Lipinski definition) is 5. The second-order valence-corrected chi connectivity index (χ2v) is 6.74. The number of nitrogen functional groups attached to an aromatic ring is 1. The van der Waals surface area contributed by atoms with Crippen LogP contribution >= 0.6 is 35.4 Å². The van der Waals surface area contributed by atoms with E-state index in [0.717, 1.165) is 25.9 Å². The second kappa shape index (κ2) is 6.96. The van der Waals surface area contributed by atoms with E-state index in [9.17, 15) is 4.79 Å². The zero-order valence-electron chi connectivity index (χ0n) is 12.6. The van der Waals surface area contributed by atoms with E-state index in [2.05, 4.69) is 15.3 Å². The molecule has 4 N–H and O–H groups in total. The third kappa shape index (κ3) is 3.63. The molecule has 9 heteroatoms. The summed E-state index contributed by atoms with van der Waals surface area (Å²) in [6.07, 6.45) is 2.14. The first-order chi connectivity index (χ1) is 11.4. The molecule has 2 aromatic rings. The highest BCUT2D eigenvalue weighted by Gasteiger charge is 2.19. The molecular formula is C15H15Cl2N5OS. The summed E-state index contributed by atoms with van der Waals surface area (Å²) in [4.78, 5) is 21.6. The van der Waals surface area contributed by atoms with Crippen molar-refractivity contribution in [2.75, 3.05) is 29.0 Å². The van der Waals surface area contributed by atoms with E-state index in [0.29, 0.717) is 21.7 Å². The van der Waals surface area contributed by atoms with Crippen LogP contribution in [0, 0.1) is 0 Å². The monoisotopic (exact) mass is 383 g/mol. The fraction of sp³-hybridized carbons (Fsp3) is 0.267. The summed E-state index contributed by atoms with van der Waals surface area (Å²) in [6, 6.07) is 4.90. The van der Waals surface area contributed by atoms with Crippen LogP contribution in [0.1, 0.15) is 18.4 Å². The van der Waals surface area contributed by atoms with Gasteiger partial charge < -0.3 is 16.0 Å². The average molecular weight is 384 g/mol. The van der Waals surface area contributed by atoms with E-state index < -0.39 is 0 Å². The third-order valence-electron chi connectivity index (χ3n) is 3.69. The molecule has 1 aliphatic rings. The number of halogens is 2. The van der Waals surface area contributed by atoms with Gasteiger partial charge in [-0.2, -0.15) is 4.98 Å². The Labute approximate surface area is 154 Å². The molecule has 0 atom stereocenters. The Kier molecular flexibility index (Phi) is 4.93. The largest absolute Gasteiger partial charge is 0.383 e. The number of H-pyrrole nitrogens is 1. The van der Waals surface area contributed by atoms with Crippen molar-refractivity contribution < 1.29 is 0 Å². The molecule has 1 fully saturated rings. The lowest BCUT2D eigenvalue weighted by molar-refractivity contribution is 0.891. The maximum absolute atomic E-state index is 12.4. The molecule has 126 valence electrons. The molecule has 0 bridgehead atoms. The van der Waals surface area contributed by atoms with E-state index in [1.807, 2.05) is 4.90 Å². The Hall–Kier alpha value is -1.83. The van der Waals surface area contributed by atoms with Gasteiger partial charge in [0.25, 0.3) is 5.56 Å². The Balaban J connectivity index is 1.88. The molecule has 24 heavy (non-hydrogen) atoms. The van der Waals surface area contributed by atoms with Crippen LogP contribution in [0.4, 0.5) is 17.5 Å². The fourth-order valence-corrected chi connectivity index (χ4v) is 3.44. The minimum absolute atomic E-state index is 0.0891. The molecule has 1 aromatic heterocycles. The van der Waals surface area contributed by atoms with Gasteiger partial charge in [0.05, 0.1) is 0 Å². The molecule has 0 aliphatic carbocycles. The van der Waals surface area contributed by atoms with E-state index in [-0.39, 0.29) is 21.9 Å². The quantitative estimate of drug-likeness (QED) is 0.706. The van der Waals surface area contributed by atoms with Crippen molar-refractivity contribution in [1.29, 1.82) is 0 Å². The molecule has 1 aromatic carbocycles. The lowest BCUT2D eigenvalue weighted by atomic mass is 10.2. The van der Waals surface area contributed by atoms with E-state index in [4.69, 9.17) is 41.2 Å². The Morgan fingerprint density at radius 1 is 1.25 bits per heavy atom. The molecular weight excluding hydrogens is 369 g/mol. The van der Waals surface area contributed by atoms with Crippen molar-refractivity contribution in [3.63, 3.8) is 0 Å². The van der Waals surface area contributed by atoms with Gasteiger partial charge in [0.2, 0.25) is 5.95 Å². The topological polar surface area (TPSA) is 87.0 Å². The summed E-state index contributed by atoms with van der Waals surface area (Å²) >= 11 is 17.2. The number of thiocarbonyl (C=S) groups is 1. The number of hydrogen-bond donors (Lipinski definition) is 3. The van der Waals surface area contributed by atoms with Crippen molar-refractivity contribution in [2.45, 2.75) is 12.8 Å². The van der Waals surface area contributed by atoms with E-state index >= 15 is 0 Å². The van der Waals surface area contributed by atoms with Crippen molar-refractivity contribution in [3.8, 4) is 0 Å². The van der Waals surface area contributed by atoms with E-state index in [1.165, 1.54) is 0 Å². The summed E-state index contributed by atoms with van der Waals surface area (Å²) in [5, 5.41) is 3.83. The van der Waals surface area contributed by atoms with Crippen LogP contribution in [0.5, 0.6) is 0 Å². The molecule has 6 nitrogen and oxygen atoms in total. The minimum atomic E-state index is -0.380. The molecule has 0 saturated carbocycles. The van der Waals surface area contributed by atoms with Crippen LogP contribution in [0.2, 0.25) is 10.0 Å². The maximum Gasteiger partial charge on any atom is 0.264 e. The van der Waals surface area contributed by atoms with Gasteiger partial charge in [-0.3, -0.25) is 9.78 Å². The molecule has 1 saturated heterocycles. The zero-order valence-corrected chi connectivity index (χ0v) is 14.9. The van der Waals surface area contributed by atoms with Gasteiger partial charge in [-0.25, -0.2) is 0 Å². The van der Waals surface area contributed by atoms with Gasteiger partial charge >= 0.3 is 0 Å². The number of nitrogens with one attached hydrogen (secondary N) is 2. The first kappa shape index (κ1) is 17.0. The molecule has 0 spiro atoms. The summed E-state index contributed by atoms with van der Waals surface area (Å²) < 4.78 is 0. The zero-order chi connectivity index (χ0) is 17.3. The highest BCUT2D eigenvalue weighted by Crippen LogP contribution is 2.23. The Bertz CT molecular complexity index is 828. The number of rotatable bonds is 3. The van der Waals surface area contributed by atoms with Gasteiger partial charge in [-0.15, -0.1) is 0 Å². The number of aromatic amines is 1. The number of anilines is 3. The highest BCUT2D eigenvalue weighted by atomic mass is 35.5. The summed E-state index contributed by atoms with van der Waals surface area (Å²) in [7, 11) is 0. The first-order valence-corrected chi connectivity index (χ1v) is 8.52. The predicted molar refractivity (Wildman–Crippen MR) is 103 cm³/mol. The highest BCUT2D eigenvalue weighted by molar-refractivity contribution is 7.81. The van der Waals surface area contributed by atoms with Crippen LogP contribution in [0.25, 0.3) is 0 Å². The van der Waals surface area contributed by atoms with Crippen molar-refractivity contribution in [1.82, 2.24) is 9.97 Å². The summed E-state index contributed by atoms with van der Waals surface area (Å²) in [5.41, 5.74) is 6.29. The molecule has 3 rings (SSSR count). The van der Waals surface area contributed by atoms with Gasteiger partial charge in [-0.05, 0) is 31.0 Å². The van der Waals surface area contributed by atoms with Crippen LogP contribution in [0.3, 0.4) is 0 Å². The SMILES string of the molecule is Nc1nc(N2CCCC2)[nH]c(=O)c1C(=S)Nc1cc(Cl)cc(Cl)c1. The lowest BCUT2D eigenvalue weighted by Crippen LogP contribution is -2.30. The van der Waals surface area contributed by atoms with Crippen LogP contribution in [-0.2, 0) is 0 Å². The van der Waals surface area contributed by atoms with Crippen LogP contribution in [-0.4, -0.2) is 28.0 Å². The van der Waals surface area contributed by atoms with E-state index in [1.54, 1.807) is 18.2 Å². The van der Waals surface area contributed by atoms with Crippen LogP contribution < -0.4 is 21.5 Å². The normalized spacial score (nSPS) is 14.0. The number of aromatic nitrogens is 2. The predicted octanol–water partition coefficient (Wildman–Crippen LogP) is 3.05. The smallest absolute Gasteiger partial charge is 0.264 e. The molecule has 1 aliphatic heterocycles. The van der Waals surface area contributed by atoms with Crippen LogP contribution in [0.15, 0.2) is 23.0 Å². The fourth-order valence-electron chi connectivity index (χ4n) is 2.60. The van der Waals surface area contributed by atoms with Gasteiger partial charge in [0.15, 0.2) is 0 Å². The lowest BCUT2D eigenvalue weighted by Gasteiger charge is -2.17.